The van der Waals surface area contributed by atoms with Crippen LogP contribution < -0.4 is 15.8 Å². The molecule has 3 N–H and O–H groups in total. The van der Waals surface area contributed by atoms with Crippen LogP contribution in [0.5, 0.6) is 5.75 Å². The zero-order chi connectivity index (χ0) is 13.7. The van der Waals surface area contributed by atoms with Crippen molar-refractivity contribution in [1.82, 2.24) is 5.32 Å². The number of anilines is 1. The number of amides is 1. The van der Waals surface area contributed by atoms with Crippen LogP contribution in [0.4, 0.5) is 5.69 Å². The van der Waals surface area contributed by atoms with Gasteiger partial charge in [-0.15, -0.1) is 0 Å². The summed E-state index contributed by atoms with van der Waals surface area (Å²) in [6.45, 7) is 3.65. The highest BCUT2D eigenvalue weighted by Crippen LogP contribution is 2.29. The van der Waals surface area contributed by atoms with E-state index in [1.807, 2.05) is 42.5 Å². The number of nitrogen functional groups attached to an aromatic ring is 1. The van der Waals surface area contributed by atoms with E-state index in [9.17, 15) is 4.79 Å². The number of halogens is 1. The molecule has 0 spiro atoms. The molecule has 0 saturated heterocycles. The highest BCUT2D eigenvalue weighted by atomic mass is 127. The summed E-state index contributed by atoms with van der Waals surface area (Å²) < 4.78 is 6.09. The maximum Gasteiger partial charge on any atom is 0.258 e. The standard InChI is InChI=1S/C12H14IN3O2/c1-7(2)16-11(17)6-18-12-9(13)3-8(5-14)4-10(12)15/h3-4,7H,6,15H2,1-2H3,(H,16,17). The minimum absolute atomic E-state index is 0.0680. The lowest BCUT2D eigenvalue weighted by Gasteiger charge is -2.12. The molecule has 0 aliphatic heterocycles. The third-order valence-corrected chi connectivity index (χ3v) is 2.80. The third kappa shape index (κ3) is 4.07. The minimum atomic E-state index is -0.204. The Balaban J connectivity index is 2.74. The number of benzene rings is 1. The topological polar surface area (TPSA) is 88.1 Å². The summed E-state index contributed by atoms with van der Waals surface area (Å²) in [5.74, 6) is 0.234. The zero-order valence-electron chi connectivity index (χ0n) is 10.2. The monoisotopic (exact) mass is 359 g/mol. The Morgan fingerprint density at radius 2 is 2.28 bits per heavy atom. The van der Waals surface area contributed by atoms with Gasteiger partial charge in [-0.05, 0) is 48.6 Å². The van der Waals surface area contributed by atoms with Crippen LogP contribution in [0.3, 0.4) is 0 Å². The fourth-order valence-corrected chi connectivity index (χ4v) is 2.14. The van der Waals surface area contributed by atoms with E-state index in [0.717, 1.165) is 0 Å². The Labute approximate surface area is 119 Å². The fraction of sp³-hybridized carbons (Fsp3) is 0.333. The number of nitriles is 1. The summed E-state index contributed by atoms with van der Waals surface area (Å²) in [6.07, 6.45) is 0. The molecule has 96 valence electrons. The highest BCUT2D eigenvalue weighted by molar-refractivity contribution is 14.1. The molecule has 0 radical (unpaired) electrons. The normalized spacial score (nSPS) is 9.94. The van der Waals surface area contributed by atoms with Crippen LogP contribution in [0.15, 0.2) is 12.1 Å². The smallest absolute Gasteiger partial charge is 0.258 e. The van der Waals surface area contributed by atoms with E-state index < -0.39 is 0 Å². The summed E-state index contributed by atoms with van der Waals surface area (Å²) in [6, 6.07) is 5.26. The van der Waals surface area contributed by atoms with Crippen LogP contribution in [0.25, 0.3) is 0 Å². The molecule has 1 amide bonds. The first-order valence-electron chi connectivity index (χ1n) is 5.35. The summed E-state index contributed by atoms with van der Waals surface area (Å²) >= 11 is 2.02. The Hall–Kier alpha value is -1.49. The molecular weight excluding hydrogens is 345 g/mol. The van der Waals surface area contributed by atoms with Crippen LogP contribution in [-0.2, 0) is 4.79 Å². The molecule has 5 nitrogen and oxygen atoms in total. The van der Waals surface area contributed by atoms with Gasteiger partial charge in [0.05, 0.1) is 20.9 Å². The molecule has 0 saturated carbocycles. The van der Waals surface area contributed by atoms with Crippen LogP contribution in [0.2, 0.25) is 0 Å². The van der Waals surface area contributed by atoms with E-state index >= 15 is 0 Å². The molecule has 18 heavy (non-hydrogen) atoms. The van der Waals surface area contributed by atoms with Crippen LogP contribution in [0.1, 0.15) is 19.4 Å². The number of nitrogens with one attached hydrogen (secondary N) is 1. The van der Waals surface area contributed by atoms with Gasteiger partial charge in [-0.1, -0.05) is 0 Å². The third-order valence-electron chi connectivity index (χ3n) is 2.00. The molecule has 6 heteroatoms. The number of carbonyl (C=O) groups excluding carboxylic acids is 1. The first kappa shape index (κ1) is 14.6. The summed E-state index contributed by atoms with van der Waals surface area (Å²) in [5, 5.41) is 11.5. The Kier molecular flexibility index (Phi) is 5.22. The lowest BCUT2D eigenvalue weighted by Crippen LogP contribution is -2.34. The molecule has 1 rings (SSSR count). The SMILES string of the molecule is CC(C)NC(=O)COc1c(N)cc(C#N)cc1I. The second-order valence-corrected chi connectivity index (χ2v) is 5.16. The number of ether oxygens (including phenoxy) is 1. The molecule has 0 atom stereocenters. The number of nitrogens with zero attached hydrogens (tertiary/aromatic N) is 1. The van der Waals surface area contributed by atoms with E-state index in [-0.39, 0.29) is 18.6 Å². The lowest BCUT2D eigenvalue weighted by atomic mass is 10.2. The summed E-state index contributed by atoms with van der Waals surface area (Å²) in [5.41, 5.74) is 6.60. The van der Waals surface area contributed by atoms with E-state index in [0.29, 0.717) is 20.6 Å². The largest absolute Gasteiger partial charge is 0.480 e. The van der Waals surface area contributed by atoms with Crippen LogP contribution in [-0.4, -0.2) is 18.6 Å². The second kappa shape index (κ2) is 6.44. The predicted octanol–water partition coefficient (Wildman–Crippen LogP) is 1.65. The second-order valence-electron chi connectivity index (χ2n) is 4.00. The van der Waals surface area contributed by atoms with Gasteiger partial charge in [0, 0.05) is 6.04 Å². The van der Waals surface area contributed by atoms with Crippen molar-refractivity contribution in [2.45, 2.75) is 19.9 Å². The predicted molar refractivity (Wildman–Crippen MR) is 77.1 cm³/mol. The van der Waals surface area contributed by atoms with E-state index in [1.54, 1.807) is 6.07 Å². The number of hydrogen-bond acceptors (Lipinski definition) is 4. The molecule has 0 aliphatic carbocycles. The van der Waals surface area contributed by atoms with Crippen LogP contribution >= 0.6 is 22.6 Å². The molecule has 0 heterocycles. The number of rotatable bonds is 4. The number of hydrogen-bond donors (Lipinski definition) is 2. The number of nitrogens with two attached hydrogens (primary N) is 1. The van der Waals surface area contributed by atoms with Crippen molar-refractivity contribution in [3.63, 3.8) is 0 Å². The van der Waals surface area contributed by atoms with E-state index in [2.05, 4.69) is 5.32 Å². The zero-order valence-corrected chi connectivity index (χ0v) is 12.3. The van der Waals surface area contributed by atoms with Crippen molar-refractivity contribution in [2.24, 2.45) is 0 Å². The van der Waals surface area contributed by atoms with Gasteiger partial charge in [-0.3, -0.25) is 4.79 Å². The van der Waals surface area contributed by atoms with Gasteiger partial charge < -0.3 is 15.8 Å². The maximum absolute atomic E-state index is 11.4. The van der Waals surface area contributed by atoms with Gasteiger partial charge in [-0.2, -0.15) is 5.26 Å². The molecular formula is C12H14IN3O2. The molecule has 0 bridgehead atoms. The highest BCUT2D eigenvalue weighted by Gasteiger charge is 2.11. The van der Waals surface area contributed by atoms with Crippen molar-refractivity contribution >= 4 is 34.2 Å². The fourth-order valence-electron chi connectivity index (χ4n) is 1.33. The van der Waals surface area contributed by atoms with Gasteiger partial charge in [0.15, 0.2) is 12.4 Å². The van der Waals surface area contributed by atoms with Crippen LogP contribution in [0, 0.1) is 14.9 Å². The van der Waals surface area contributed by atoms with Gasteiger partial charge in [-0.25, -0.2) is 0 Å². The van der Waals surface area contributed by atoms with Crippen molar-refractivity contribution in [3.05, 3.63) is 21.3 Å². The first-order chi connectivity index (χ1) is 8.43. The average Bonchev–Trinajstić information content (AvgIpc) is 2.26. The van der Waals surface area contributed by atoms with Crippen molar-refractivity contribution in [3.8, 4) is 11.8 Å². The maximum atomic E-state index is 11.4. The quantitative estimate of drug-likeness (QED) is 0.632. The number of carbonyl (C=O) groups is 1. The summed E-state index contributed by atoms with van der Waals surface area (Å²) in [7, 11) is 0. The Morgan fingerprint density at radius 1 is 1.61 bits per heavy atom. The van der Waals surface area contributed by atoms with Gasteiger partial charge >= 0.3 is 0 Å². The molecule has 0 unspecified atom stereocenters. The lowest BCUT2D eigenvalue weighted by molar-refractivity contribution is -0.123. The molecule has 1 aromatic rings. The minimum Gasteiger partial charge on any atom is -0.480 e. The molecule has 0 aliphatic rings. The molecule has 0 fully saturated rings. The van der Waals surface area contributed by atoms with Crippen molar-refractivity contribution < 1.29 is 9.53 Å². The molecule has 1 aromatic carbocycles. The van der Waals surface area contributed by atoms with Crippen molar-refractivity contribution in [2.75, 3.05) is 12.3 Å². The van der Waals surface area contributed by atoms with Crippen molar-refractivity contribution in [1.29, 1.82) is 5.26 Å². The molecule has 0 aromatic heterocycles. The van der Waals surface area contributed by atoms with E-state index in [1.165, 1.54) is 6.07 Å². The summed E-state index contributed by atoms with van der Waals surface area (Å²) in [4.78, 5) is 11.4. The Bertz CT molecular complexity index is 472. The first-order valence-corrected chi connectivity index (χ1v) is 6.43. The Morgan fingerprint density at radius 3 is 2.78 bits per heavy atom. The van der Waals surface area contributed by atoms with Gasteiger partial charge in [0.2, 0.25) is 0 Å². The van der Waals surface area contributed by atoms with Gasteiger partial charge in [0.25, 0.3) is 5.91 Å². The average molecular weight is 359 g/mol. The van der Waals surface area contributed by atoms with E-state index in [4.69, 9.17) is 15.7 Å². The van der Waals surface area contributed by atoms with Gasteiger partial charge in [0.1, 0.15) is 0 Å².